The molecule has 2 atom stereocenters. The third-order valence-electron chi connectivity index (χ3n) is 5.00. The number of carbonyl (C=O) groups excluding carboxylic acids is 1. The summed E-state index contributed by atoms with van der Waals surface area (Å²) in [5.41, 5.74) is 0.398. The van der Waals surface area contributed by atoms with E-state index >= 15 is 0 Å². The maximum absolute atomic E-state index is 12.3. The van der Waals surface area contributed by atoms with Gasteiger partial charge in [0, 0.05) is 31.2 Å². The number of nitrogens with one attached hydrogen (secondary N) is 1. The van der Waals surface area contributed by atoms with E-state index in [0.717, 1.165) is 30.0 Å². The Hall–Kier alpha value is -2.73. The van der Waals surface area contributed by atoms with Gasteiger partial charge in [-0.1, -0.05) is 18.2 Å². The molecular formula is C24H32N2O4. The quantitative estimate of drug-likeness (QED) is 0.706. The molecule has 3 rings (SSSR count). The number of hydrogen-bond acceptors (Lipinski definition) is 5. The number of carbonyl (C=O) groups is 1. The second-order valence-corrected chi connectivity index (χ2v) is 8.72. The average molecular weight is 413 g/mol. The van der Waals surface area contributed by atoms with Gasteiger partial charge in [0.25, 0.3) is 0 Å². The molecule has 2 aromatic rings. The Morgan fingerprint density at radius 2 is 1.80 bits per heavy atom. The number of aliphatic hydroxyl groups excluding tert-OH is 1. The number of para-hydroxylation sites is 1. The summed E-state index contributed by atoms with van der Waals surface area (Å²) < 4.78 is 11.3. The first-order valence-corrected chi connectivity index (χ1v) is 10.5. The van der Waals surface area contributed by atoms with Crippen LogP contribution in [0.2, 0.25) is 0 Å². The average Bonchev–Trinajstić information content (AvgIpc) is 2.73. The summed E-state index contributed by atoms with van der Waals surface area (Å²) in [6.45, 7) is 7.20. The van der Waals surface area contributed by atoms with E-state index in [-0.39, 0.29) is 12.0 Å². The normalized spacial score (nSPS) is 17.9. The van der Waals surface area contributed by atoms with Crippen LogP contribution in [0.5, 0.6) is 11.5 Å². The highest BCUT2D eigenvalue weighted by Gasteiger charge is 2.30. The van der Waals surface area contributed by atoms with Crippen molar-refractivity contribution in [2.45, 2.75) is 45.3 Å². The molecule has 1 heterocycles. The van der Waals surface area contributed by atoms with E-state index in [1.165, 1.54) is 0 Å². The van der Waals surface area contributed by atoms with Gasteiger partial charge < -0.3 is 24.8 Å². The second kappa shape index (κ2) is 9.85. The number of nitrogens with zero attached hydrogens (tertiary/aromatic N) is 1. The van der Waals surface area contributed by atoms with Crippen molar-refractivity contribution < 1.29 is 19.4 Å². The molecule has 0 aliphatic carbocycles. The maximum Gasteiger partial charge on any atom is 0.410 e. The number of aliphatic hydroxyl groups is 1. The van der Waals surface area contributed by atoms with Crippen LogP contribution in [0.1, 0.15) is 33.6 Å². The molecule has 30 heavy (non-hydrogen) atoms. The lowest BCUT2D eigenvalue weighted by Gasteiger charge is -2.36. The molecule has 1 amide bonds. The third kappa shape index (κ3) is 6.66. The van der Waals surface area contributed by atoms with Gasteiger partial charge in [-0.05, 0) is 70.0 Å². The Morgan fingerprint density at radius 3 is 2.47 bits per heavy atom. The lowest BCUT2D eigenvalue weighted by molar-refractivity contribution is 0.00468. The molecule has 162 valence electrons. The van der Waals surface area contributed by atoms with Crippen molar-refractivity contribution in [3.05, 3.63) is 54.6 Å². The van der Waals surface area contributed by atoms with Gasteiger partial charge in [-0.15, -0.1) is 0 Å². The molecule has 2 N–H and O–H groups in total. The van der Waals surface area contributed by atoms with Gasteiger partial charge in [-0.2, -0.15) is 0 Å². The van der Waals surface area contributed by atoms with Crippen molar-refractivity contribution in [3.8, 4) is 11.5 Å². The zero-order chi connectivity index (χ0) is 21.6. The van der Waals surface area contributed by atoms with Gasteiger partial charge in [0.05, 0.1) is 6.10 Å². The third-order valence-corrected chi connectivity index (χ3v) is 5.00. The van der Waals surface area contributed by atoms with Crippen LogP contribution in [0.15, 0.2) is 54.6 Å². The number of likely N-dealkylation sites (tertiary alicyclic amines) is 1. The fourth-order valence-electron chi connectivity index (χ4n) is 3.47. The summed E-state index contributed by atoms with van der Waals surface area (Å²) in [6.07, 6.45) is 0.912. The molecule has 6 nitrogen and oxygen atoms in total. The molecule has 6 heteroatoms. The van der Waals surface area contributed by atoms with Crippen LogP contribution in [-0.4, -0.2) is 47.4 Å². The number of benzene rings is 2. The topological polar surface area (TPSA) is 71.0 Å². The van der Waals surface area contributed by atoms with Crippen LogP contribution in [-0.2, 0) is 4.74 Å². The van der Waals surface area contributed by atoms with E-state index in [0.29, 0.717) is 19.6 Å². The van der Waals surface area contributed by atoms with E-state index < -0.39 is 11.7 Å². The van der Waals surface area contributed by atoms with Crippen molar-refractivity contribution >= 4 is 11.8 Å². The molecule has 0 saturated carbocycles. The number of anilines is 1. The Bertz CT molecular complexity index is 802. The lowest BCUT2D eigenvalue weighted by atomic mass is 9.92. The second-order valence-electron chi connectivity index (χ2n) is 8.72. The first-order chi connectivity index (χ1) is 14.3. The lowest BCUT2D eigenvalue weighted by Crippen LogP contribution is -2.46. The fraction of sp³-hybridized carbons (Fsp3) is 0.458. The summed E-state index contributed by atoms with van der Waals surface area (Å²) in [5.74, 6) is 1.58. The molecule has 2 unspecified atom stereocenters. The summed E-state index contributed by atoms with van der Waals surface area (Å²) in [7, 11) is 0. The van der Waals surface area contributed by atoms with E-state index in [1.54, 1.807) is 4.90 Å². The Kier molecular flexibility index (Phi) is 7.21. The van der Waals surface area contributed by atoms with Gasteiger partial charge >= 0.3 is 6.09 Å². The van der Waals surface area contributed by atoms with Crippen LogP contribution in [0, 0.1) is 5.92 Å². The van der Waals surface area contributed by atoms with Crippen LogP contribution in [0.3, 0.4) is 0 Å². The van der Waals surface area contributed by atoms with Gasteiger partial charge in [-0.25, -0.2) is 4.79 Å². The van der Waals surface area contributed by atoms with Gasteiger partial charge in [0.1, 0.15) is 17.1 Å². The number of rotatable bonds is 6. The molecule has 0 aromatic heterocycles. The summed E-state index contributed by atoms with van der Waals surface area (Å²) in [4.78, 5) is 14.0. The van der Waals surface area contributed by atoms with E-state index in [4.69, 9.17) is 9.47 Å². The van der Waals surface area contributed by atoms with Gasteiger partial charge in [0.15, 0.2) is 0 Å². The van der Waals surface area contributed by atoms with Crippen molar-refractivity contribution in [2.75, 3.05) is 25.0 Å². The predicted octanol–water partition coefficient (Wildman–Crippen LogP) is 4.90. The molecule has 1 fully saturated rings. The summed E-state index contributed by atoms with van der Waals surface area (Å²) >= 11 is 0. The van der Waals surface area contributed by atoms with Crippen molar-refractivity contribution in [1.29, 1.82) is 0 Å². The zero-order valence-corrected chi connectivity index (χ0v) is 18.0. The molecule has 0 radical (unpaired) electrons. The predicted molar refractivity (Wildman–Crippen MR) is 118 cm³/mol. The Labute approximate surface area is 178 Å². The highest BCUT2D eigenvalue weighted by molar-refractivity contribution is 5.68. The first kappa shape index (κ1) is 22.0. The SMILES string of the molecule is CC(C)(C)OC(=O)N1CCCC(C(O)CNc2ccc(Oc3ccccc3)cc2)C1. The Balaban J connectivity index is 1.47. The minimum absolute atomic E-state index is 0.0273. The molecule has 1 saturated heterocycles. The molecule has 0 bridgehead atoms. The standard InChI is InChI=1S/C24H32N2O4/c1-24(2,3)30-23(28)26-15-7-8-18(17-26)22(27)16-25-19-11-13-21(14-12-19)29-20-9-5-4-6-10-20/h4-6,9-14,18,22,25,27H,7-8,15-17H2,1-3H3. The van der Waals surface area contributed by atoms with E-state index in [2.05, 4.69) is 5.32 Å². The summed E-state index contributed by atoms with van der Waals surface area (Å²) in [5, 5.41) is 13.9. The molecule has 1 aliphatic rings. The van der Waals surface area contributed by atoms with Crippen LogP contribution in [0.25, 0.3) is 0 Å². The first-order valence-electron chi connectivity index (χ1n) is 10.5. The number of piperidine rings is 1. The van der Waals surface area contributed by atoms with Gasteiger partial charge in [-0.3, -0.25) is 0 Å². The Morgan fingerprint density at radius 1 is 1.13 bits per heavy atom. The van der Waals surface area contributed by atoms with Crippen LogP contribution < -0.4 is 10.1 Å². The van der Waals surface area contributed by atoms with Crippen molar-refractivity contribution in [2.24, 2.45) is 5.92 Å². The smallest absolute Gasteiger partial charge is 0.410 e. The zero-order valence-electron chi connectivity index (χ0n) is 18.0. The molecule has 1 aliphatic heterocycles. The van der Waals surface area contributed by atoms with Gasteiger partial charge in [0.2, 0.25) is 0 Å². The fourth-order valence-corrected chi connectivity index (χ4v) is 3.47. The molecular weight excluding hydrogens is 380 g/mol. The van der Waals surface area contributed by atoms with Crippen LogP contribution in [0.4, 0.5) is 10.5 Å². The minimum atomic E-state index is -0.546. The van der Waals surface area contributed by atoms with Crippen molar-refractivity contribution in [3.63, 3.8) is 0 Å². The minimum Gasteiger partial charge on any atom is -0.457 e. The van der Waals surface area contributed by atoms with Crippen LogP contribution >= 0.6 is 0 Å². The largest absolute Gasteiger partial charge is 0.457 e. The molecule has 2 aromatic carbocycles. The van der Waals surface area contributed by atoms with E-state index in [1.807, 2.05) is 75.4 Å². The van der Waals surface area contributed by atoms with Crippen molar-refractivity contribution in [1.82, 2.24) is 4.90 Å². The number of amides is 1. The highest BCUT2D eigenvalue weighted by Crippen LogP contribution is 2.24. The van der Waals surface area contributed by atoms with E-state index in [9.17, 15) is 9.90 Å². The molecule has 0 spiro atoms. The maximum atomic E-state index is 12.3. The number of hydrogen-bond donors (Lipinski definition) is 2. The highest BCUT2D eigenvalue weighted by atomic mass is 16.6. The summed E-state index contributed by atoms with van der Waals surface area (Å²) in [6, 6.07) is 17.3. The monoisotopic (exact) mass is 412 g/mol. The number of ether oxygens (including phenoxy) is 2.